The second-order valence-corrected chi connectivity index (χ2v) is 6.91. The fourth-order valence-corrected chi connectivity index (χ4v) is 4.24. The van der Waals surface area contributed by atoms with Gasteiger partial charge in [-0.2, -0.15) is 0 Å². The Kier molecular flexibility index (Phi) is 4.88. The van der Waals surface area contributed by atoms with E-state index in [0.717, 1.165) is 31.2 Å². The Morgan fingerprint density at radius 3 is 2.47 bits per heavy atom. The normalized spacial score (nSPS) is 37.5. The molecule has 0 bridgehead atoms. The van der Waals surface area contributed by atoms with Gasteiger partial charge in [0.15, 0.2) is 0 Å². The van der Waals surface area contributed by atoms with Crippen LogP contribution in [0.15, 0.2) is 0 Å². The van der Waals surface area contributed by atoms with E-state index in [9.17, 15) is 9.90 Å². The van der Waals surface area contributed by atoms with E-state index in [-0.39, 0.29) is 5.92 Å². The van der Waals surface area contributed by atoms with E-state index in [1.54, 1.807) is 0 Å². The summed E-state index contributed by atoms with van der Waals surface area (Å²) in [5.41, 5.74) is 0. The van der Waals surface area contributed by atoms with E-state index in [1.165, 1.54) is 25.7 Å². The van der Waals surface area contributed by atoms with Crippen LogP contribution in [0.2, 0.25) is 0 Å². The summed E-state index contributed by atoms with van der Waals surface area (Å²) >= 11 is 0. The van der Waals surface area contributed by atoms with Gasteiger partial charge in [0, 0.05) is 12.1 Å². The minimum absolute atomic E-state index is 0.118. The van der Waals surface area contributed by atoms with Gasteiger partial charge >= 0.3 is 5.97 Å². The van der Waals surface area contributed by atoms with Crippen molar-refractivity contribution in [2.45, 2.75) is 71.4 Å². The number of rotatable bonds is 3. The first-order valence-electron chi connectivity index (χ1n) is 7.99. The number of aliphatic carboxylic acids is 1. The molecule has 1 saturated carbocycles. The predicted molar refractivity (Wildman–Crippen MR) is 77.1 cm³/mol. The zero-order valence-corrected chi connectivity index (χ0v) is 12.6. The fraction of sp³-hybridized carbons (Fsp3) is 0.938. The van der Waals surface area contributed by atoms with Crippen LogP contribution < -0.4 is 0 Å². The summed E-state index contributed by atoms with van der Waals surface area (Å²) in [6, 6.07) is 1.12. The number of hydrogen-bond acceptors (Lipinski definition) is 2. The van der Waals surface area contributed by atoms with Crippen LogP contribution in [-0.2, 0) is 4.79 Å². The van der Waals surface area contributed by atoms with Crippen LogP contribution in [0, 0.1) is 17.8 Å². The molecule has 1 aliphatic carbocycles. The molecular weight excluding hydrogens is 238 g/mol. The molecule has 2 aliphatic rings. The van der Waals surface area contributed by atoms with E-state index in [2.05, 4.69) is 25.7 Å². The minimum Gasteiger partial charge on any atom is -0.481 e. The van der Waals surface area contributed by atoms with Crippen LogP contribution in [0.1, 0.15) is 59.3 Å². The predicted octanol–water partition coefficient (Wildman–Crippen LogP) is 3.39. The zero-order valence-electron chi connectivity index (χ0n) is 12.6. The molecule has 0 radical (unpaired) electrons. The van der Waals surface area contributed by atoms with Crippen LogP contribution in [0.5, 0.6) is 0 Å². The number of nitrogens with zero attached hydrogens (tertiary/aromatic N) is 1. The van der Waals surface area contributed by atoms with E-state index in [0.29, 0.717) is 12.1 Å². The highest BCUT2D eigenvalue weighted by atomic mass is 16.4. The van der Waals surface area contributed by atoms with Crippen LogP contribution in [0.25, 0.3) is 0 Å². The van der Waals surface area contributed by atoms with Crippen molar-refractivity contribution in [2.24, 2.45) is 17.8 Å². The van der Waals surface area contributed by atoms with Crippen LogP contribution in [0.3, 0.4) is 0 Å². The Labute approximate surface area is 117 Å². The lowest BCUT2D eigenvalue weighted by atomic mass is 9.75. The number of carboxylic acid groups (broad SMARTS) is 1. The average Bonchev–Trinajstić information content (AvgIpc) is 2.38. The van der Waals surface area contributed by atoms with Crippen molar-refractivity contribution in [3.05, 3.63) is 0 Å². The molecule has 0 amide bonds. The maximum Gasteiger partial charge on any atom is 0.306 e. The van der Waals surface area contributed by atoms with Gasteiger partial charge in [0.1, 0.15) is 0 Å². The number of piperidine rings is 1. The van der Waals surface area contributed by atoms with Crippen molar-refractivity contribution >= 4 is 5.97 Å². The Bertz CT molecular complexity index is 316. The summed E-state index contributed by atoms with van der Waals surface area (Å²) in [5, 5.41) is 9.17. The third-order valence-corrected chi connectivity index (χ3v) is 5.34. The van der Waals surface area contributed by atoms with Crippen LogP contribution >= 0.6 is 0 Å². The SMILES string of the molecule is CC(C)C1CCCCC1N1CCC(C(=O)O)CC1C. The van der Waals surface area contributed by atoms with Crippen molar-refractivity contribution in [1.82, 2.24) is 4.90 Å². The van der Waals surface area contributed by atoms with Crippen LogP contribution in [-0.4, -0.2) is 34.6 Å². The second-order valence-electron chi connectivity index (χ2n) is 6.91. The van der Waals surface area contributed by atoms with Crippen molar-refractivity contribution < 1.29 is 9.90 Å². The molecule has 0 aromatic heterocycles. The molecular formula is C16H29NO2. The Morgan fingerprint density at radius 2 is 1.89 bits per heavy atom. The van der Waals surface area contributed by atoms with Crippen molar-refractivity contribution in [3.63, 3.8) is 0 Å². The molecule has 0 spiro atoms. The van der Waals surface area contributed by atoms with Crippen molar-refractivity contribution in [1.29, 1.82) is 0 Å². The molecule has 1 aliphatic heterocycles. The zero-order chi connectivity index (χ0) is 14.0. The van der Waals surface area contributed by atoms with E-state index in [1.807, 2.05) is 0 Å². The molecule has 3 nitrogen and oxygen atoms in total. The highest BCUT2D eigenvalue weighted by molar-refractivity contribution is 5.70. The van der Waals surface area contributed by atoms with Gasteiger partial charge in [-0.05, 0) is 51.0 Å². The summed E-state index contributed by atoms with van der Waals surface area (Å²) < 4.78 is 0. The van der Waals surface area contributed by atoms with E-state index < -0.39 is 5.97 Å². The molecule has 1 N–H and O–H groups in total. The Hall–Kier alpha value is -0.570. The first-order valence-corrected chi connectivity index (χ1v) is 7.99. The molecule has 0 aromatic rings. The Balaban J connectivity index is 2.02. The first-order chi connectivity index (χ1) is 9.00. The second kappa shape index (κ2) is 6.25. The van der Waals surface area contributed by atoms with Crippen molar-refractivity contribution in [3.8, 4) is 0 Å². The molecule has 19 heavy (non-hydrogen) atoms. The summed E-state index contributed by atoms with van der Waals surface area (Å²) in [6.45, 7) is 7.89. The van der Waals surface area contributed by atoms with Gasteiger partial charge in [0.2, 0.25) is 0 Å². The van der Waals surface area contributed by atoms with E-state index >= 15 is 0 Å². The average molecular weight is 267 g/mol. The number of likely N-dealkylation sites (tertiary alicyclic amines) is 1. The summed E-state index contributed by atoms with van der Waals surface area (Å²) in [5.74, 6) is 0.829. The van der Waals surface area contributed by atoms with Gasteiger partial charge < -0.3 is 5.11 Å². The highest BCUT2D eigenvalue weighted by Gasteiger charge is 2.38. The maximum atomic E-state index is 11.1. The van der Waals surface area contributed by atoms with Gasteiger partial charge in [0.25, 0.3) is 0 Å². The Morgan fingerprint density at radius 1 is 1.21 bits per heavy atom. The summed E-state index contributed by atoms with van der Waals surface area (Å²) in [7, 11) is 0. The monoisotopic (exact) mass is 267 g/mol. The smallest absolute Gasteiger partial charge is 0.306 e. The number of carboxylic acids is 1. The van der Waals surface area contributed by atoms with Gasteiger partial charge in [-0.15, -0.1) is 0 Å². The lowest BCUT2D eigenvalue weighted by Crippen LogP contribution is -2.52. The topological polar surface area (TPSA) is 40.5 Å². The fourth-order valence-electron chi connectivity index (χ4n) is 4.24. The molecule has 3 heteroatoms. The first kappa shape index (κ1) is 14.8. The summed E-state index contributed by atoms with van der Waals surface area (Å²) in [4.78, 5) is 13.8. The molecule has 2 fully saturated rings. The minimum atomic E-state index is -0.601. The lowest BCUT2D eigenvalue weighted by molar-refractivity contribution is -0.144. The number of hydrogen-bond donors (Lipinski definition) is 1. The third-order valence-electron chi connectivity index (χ3n) is 5.34. The van der Waals surface area contributed by atoms with Crippen LogP contribution in [0.4, 0.5) is 0 Å². The third kappa shape index (κ3) is 3.31. The molecule has 2 rings (SSSR count). The maximum absolute atomic E-state index is 11.1. The highest BCUT2D eigenvalue weighted by Crippen LogP contribution is 2.37. The van der Waals surface area contributed by atoms with Gasteiger partial charge in [0.05, 0.1) is 5.92 Å². The number of carbonyl (C=O) groups is 1. The largest absolute Gasteiger partial charge is 0.481 e. The van der Waals surface area contributed by atoms with Gasteiger partial charge in [-0.1, -0.05) is 26.7 Å². The van der Waals surface area contributed by atoms with Gasteiger partial charge in [-0.3, -0.25) is 9.69 Å². The molecule has 1 saturated heterocycles. The van der Waals surface area contributed by atoms with E-state index in [4.69, 9.17) is 0 Å². The lowest BCUT2D eigenvalue weighted by Gasteiger charge is -2.47. The standard InChI is InChI=1S/C16H29NO2/c1-11(2)14-6-4-5-7-15(14)17-9-8-13(16(18)19)10-12(17)3/h11-15H,4-10H2,1-3H3,(H,18,19). The van der Waals surface area contributed by atoms with Gasteiger partial charge in [-0.25, -0.2) is 0 Å². The van der Waals surface area contributed by atoms with Crippen molar-refractivity contribution in [2.75, 3.05) is 6.54 Å². The molecule has 4 unspecified atom stereocenters. The molecule has 110 valence electrons. The molecule has 4 atom stereocenters. The quantitative estimate of drug-likeness (QED) is 0.852. The molecule has 1 heterocycles. The molecule has 0 aromatic carbocycles. The summed E-state index contributed by atoms with van der Waals surface area (Å²) in [6.07, 6.45) is 7.05.